The summed E-state index contributed by atoms with van der Waals surface area (Å²) in [5, 5.41) is 28.1. The first-order valence-electron chi connectivity index (χ1n) is 14.0. The lowest BCUT2D eigenvalue weighted by Crippen LogP contribution is -2.46. The molecule has 6 rings (SSSR count). The maximum absolute atomic E-state index is 9.77. The van der Waals surface area contributed by atoms with Gasteiger partial charge in [0, 0.05) is 99.0 Å². The topological polar surface area (TPSA) is 121 Å². The van der Waals surface area contributed by atoms with E-state index in [0.29, 0.717) is 18.0 Å². The summed E-state index contributed by atoms with van der Waals surface area (Å²) in [7, 11) is 1.63. The van der Waals surface area contributed by atoms with Crippen LogP contribution in [-0.4, -0.2) is 79.3 Å². The molecule has 5 aromatic rings. The Morgan fingerprint density at radius 3 is 2.50 bits per heavy atom. The number of fused-ring (bicyclic) bond motifs is 1. The fourth-order valence-electron chi connectivity index (χ4n) is 5.32. The zero-order valence-corrected chi connectivity index (χ0v) is 23.8. The highest BCUT2D eigenvalue weighted by Crippen LogP contribution is 2.32. The fourth-order valence-corrected chi connectivity index (χ4v) is 5.32. The minimum atomic E-state index is 0.107. The Bertz CT molecular complexity index is 1700. The number of nitrogens with zero attached hydrogens (tertiary/aromatic N) is 9. The predicted molar refractivity (Wildman–Crippen MR) is 159 cm³/mol. The largest absolute Gasteiger partial charge is 0.481 e. The molecule has 5 aromatic heterocycles. The van der Waals surface area contributed by atoms with Crippen molar-refractivity contribution in [2.24, 2.45) is 5.92 Å². The highest BCUT2D eigenvalue weighted by Gasteiger charge is 2.20. The van der Waals surface area contributed by atoms with E-state index >= 15 is 0 Å². The molecule has 1 fully saturated rings. The zero-order chi connectivity index (χ0) is 29.1. The van der Waals surface area contributed by atoms with Gasteiger partial charge in [-0.25, -0.2) is 14.5 Å². The molecule has 0 bridgehead atoms. The van der Waals surface area contributed by atoms with Crippen molar-refractivity contribution in [1.29, 1.82) is 5.26 Å². The molecule has 11 nitrogen and oxygen atoms in total. The highest BCUT2D eigenvalue weighted by atomic mass is 16.5. The molecule has 1 atom stereocenters. The van der Waals surface area contributed by atoms with Crippen molar-refractivity contribution in [3.63, 3.8) is 0 Å². The zero-order valence-electron chi connectivity index (χ0n) is 23.8. The molecule has 214 valence electrons. The molecule has 1 saturated heterocycles. The van der Waals surface area contributed by atoms with Crippen molar-refractivity contribution < 1.29 is 9.84 Å². The molecule has 0 aliphatic carbocycles. The van der Waals surface area contributed by atoms with E-state index in [1.165, 1.54) is 5.56 Å². The van der Waals surface area contributed by atoms with Gasteiger partial charge < -0.3 is 14.7 Å². The van der Waals surface area contributed by atoms with E-state index in [4.69, 9.17) is 9.72 Å². The summed E-state index contributed by atoms with van der Waals surface area (Å²) in [6, 6.07) is 12.4. The molecule has 0 amide bonds. The molecule has 0 aromatic carbocycles. The van der Waals surface area contributed by atoms with Gasteiger partial charge in [-0.05, 0) is 29.7 Å². The Hall–Kier alpha value is -4.79. The molecular weight excluding hydrogens is 530 g/mol. The summed E-state index contributed by atoms with van der Waals surface area (Å²) in [6.07, 6.45) is 11.1. The second kappa shape index (κ2) is 12.0. The number of aromatic nitrogens is 6. The van der Waals surface area contributed by atoms with Gasteiger partial charge in [0.25, 0.3) is 0 Å². The Kier molecular flexibility index (Phi) is 7.81. The number of rotatable bonds is 9. The van der Waals surface area contributed by atoms with Crippen LogP contribution in [0.2, 0.25) is 0 Å². The van der Waals surface area contributed by atoms with Crippen LogP contribution in [0.5, 0.6) is 5.88 Å². The molecule has 1 unspecified atom stereocenters. The number of pyridine rings is 3. The number of hydrogen-bond acceptors (Lipinski definition) is 9. The second-order valence-electron chi connectivity index (χ2n) is 10.7. The minimum absolute atomic E-state index is 0.107. The Morgan fingerprint density at radius 1 is 0.952 bits per heavy atom. The Morgan fingerprint density at radius 2 is 1.81 bits per heavy atom. The fraction of sp³-hybridized carbons (Fsp3) is 0.323. The van der Waals surface area contributed by atoms with Crippen LogP contribution in [0.15, 0.2) is 67.5 Å². The van der Waals surface area contributed by atoms with Crippen molar-refractivity contribution in [2.45, 2.75) is 20.0 Å². The third-order valence-electron chi connectivity index (χ3n) is 7.68. The smallest absolute Gasteiger partial charge is 0.212 e. The Labute approximate surface area is 244 Å². The molecule has 0 radical (unpaired) electrons. The normalized spacial score (nSPS) is 14.7. The van der Waals surface area contributed by atoms with Gasteiger partial charge in [0.2, 0.25) is 5.88 Å². The number of anilines is 1. The van der Waals surface area contributed by atoms with Crippen LogP contribution in [0.4, 0.5) is 5.82 Å². The van der Waals surface area contributed by atoms with Gasteiger partial charge in [-0.15, -0.1) is 0 Å². The Balaban J connectivity index is 1.20. The van der Waals surface area contributed by atoms with Crippen LogP contribution in [-0.2, 0) is 13.1 Å². The van der Waals surface area contributed by atoms with E-state index in [1.54, 1.807) is 17.8 Å². The third-order valence-corrected chi connectivity index (χ3v) is 7.68. The maximum Gasteiger partial charge on any atom is 0.212 e. The van der Waals surface area contributed by atoms with Crippen molar-refractivity contribution >= 4 is 11.3 Å². The van der Waals surface area contributed by atoms with Gasteiger partial charge in [-0.2, -0.15) is 15.5 Å². The number of aliphatic hydroxyl groups excluding tert-OH is 1. The van der Waals surface area contributed by atoms with Gasteiger partial charge in [-0.3, -0.25) is 9.58 Å². The van der Waals surface area contributed by atoms with Crippen molar-refractivity contribution in [3.8, 4) is 34.2 Å². The maximum atomic E-state index is 9.77. The van der Waals surface area contributed by atoms with Crippen molar-refractivity contribution in [3.05, 3.63) is 78.6 Å². The SMILES string of the molecule is COc1ccc(CN2CCN(c3ccc(-c4cc(-c5cnn(CC(C)CO)c5)cn5ncc(C#N)c45)cn3)CC2)cn1. The van der Waals surface area contributed by atoms with Crippen LogP contribution in [0, 0.1) is 17.2 Å². The molecule has 1 N–H and O–H groups in total. The minimum Gasteiger partial charge on any atom is -0.481 e. The average molecular weight is 564 g/mol. The van der Waals surface area contributed by atoms with Crippen LogP contribution in [0.3, 0.4) is 0 Å². The number of ether oxygens (including phenoxy) is 1. The molecule has 11 heteroatoms. The highest BCUT2D eigenvalue weighted by molar-refractivity contribution is 5.87. The van der Waals surface area contributed by atoms with Gasteiger partial charge in [0.1, 0.15) is 11.9 Å². The van der Waals surface area contributed by atoms with Crippen molar-refractivity contribution in [1.82, 2.24) is 34.3 Å². The van der Waals surface area contributed by atoms with E-state index in [-0.39, 0.29) is 12.5 Å². The molecule has 1 aliphatic heterocycles. The molecular formula is C31H33N9O2. The monoisotopic (exact) mass is 563 g/mol. The first-order valence-corrected chi connectivity index (χ1v) is 14.0. The lowest BCUT2D eigenvalue weighted by Gasteiger charge is -2.35. The molecule has 0 spiro atoms. The summed E-state index contributed by atoms with van der Waals surface area (Å²) in [4.78, 5) is 13.9. The third kappa shape index (κ3) is 5.68. The van der Waals surface area contributed by atoms with E-state index in [9.17, 15) is 10.4 Å². The van der Waals surface area contributed by atoms with Crippen LogP contribution < -0.4 is 9.64 Å². The van der Waals surface area contributed by atoms with E-state index < -0.39 is 0 Å². The van der Waals surface area contributed by atoms with Crippen molar-refractivity contribution in [2.75, 3.05) is 44.8 Å². The first-order chi connectivity index (χ1) is 20.5. The van der Waals surface area contributed by atoms with Gasteiger partial charge in [0.05, 0.1) is 30.6 Å². The average Bonchev–Trinajstić information content (AvgIpc) is 3.68. The van der Waals surface area contributed by atoms with Gasteiger partial charge in [0.15, 0.2) is 0 Å². The van der Waals surface area contributed by atoms with E-state index in [0.717, 1.165) is 66.3 Å². The summed E-state index contributed by atoms with van der Waals surface area (Å²) in [5.74, 6) is 1.67. The number of hydrogen-bond donors (Lipinski definition) is 1. The van der Waals surface area contributed by atoms with Crippen LogP contribution in [0.25, 0.3) is 27.8 Å². The first kappa shape index (κ1) is 27.4. The predicted octanol–water partition coefficient (Wildman–Crippen LogP) is 3.49. The van der Waals surface area contributed by atoms with Crippen LogP contribution >= 0.6 is 0 Å². The summed E-state index contributed by atoms with van der Waals surface area (Å²) >= 11 is 0. The molecule has 0 saturated carbocycles. The number of nitriles is 1. The van der Waals surface area contributed by atoms with Gasteiger partial charge in [-0.1, -0.05) is 13.0 Å². The van der Waals surface area contributed by atoms with E-state index in [2.05, 4.69) is 55.3 Å². The van der Waals surface area contributed by atoms with Gasteiger partial charge >= 0.3 is 0 Å². The summed E-state index contributed by atoms with van der Waals surface area (Å²) in [5.41, 5.74) is 6.09. The number of methoxy groups -OCH3 is 1. The van der Waals surface area contributed by atoms with Crippen LogP contribution in [0.1, 0.15) is 18.1 Å². The molecule has 42 heavy (non-hydrogen) atoms. The van der Waals surface area contributed by atoms with E-state index in [1.807, 2.05) is 48.7 Å². The standard InChI is InChI=1S/C31H33N9O2/c1-22(21-41)17-39-19-27(16-35-39)25-11-28(31-26(12-32)15-36-40(31)20-25)24-4-5-29(33-14-24)38-9-7-37(8-10-38)18-23-3-6-30(42-2)34-13-23/h3-6,11,13-16,19-20,22,41H,7-10,17-18,21H2,1-2H3. The number of piperazine rings is 1. The second-order valence-corrected chi connectivity index (χ2v) is 10.7. The summed E-state index contributed by atoms with van der Waals surface area (Å²) < 4.78 is 8.76. The molecule has 6 heterocycles. The lowest BCUT2D eigenvalue weighted by atomic mass is 10.0. The summed E-state index contributed by atoms with van der Waals surface area (Å²) in [6.45, 7) is 7.21. The number of aliphatic hydroxyl groups is 1. The molecule has 1 aliphatic rings. The lowest BCUT2D eigenvalue weighted by molar-refractivity contribution is 0.219. The quantitative estimate of drug-likeness (QED) is 0.287.